The van der Waals surface area contributed by atoms with Crippen LogP contribution in [0, 0.1) is 0 Å². The van der Waals surface area contributed by atoms with E-state index in [0.29, 0.717) is 19.0 Å². The molecule has 0 bridgehead atoms. The van der Waals surface area contributed by atoms with Crippen molar-refractivity contribution < 1.29 is 14.7 Å². The van der Waals surface area contributed by atoms with E-state index in [-0.39, 0.29) is 12.5 Å². The Kier molecular flexibility index (Phi) is 5.01. The molecule has 19 heavy (non-hydrogen) atoms. The molecule has 2 fully saturated rings. The topological polar surface area (TPSA) is 72.9 Å². The summed E-state index contributed by atoms with van der Waals surface area (Å²) in [4.78, 5) is 26.6. The molecule has 0 aliphatic carbocycles. The van der Waals surface area contributed by atoms with E-state index in [1.807, 2.05) is 4.90 Å². The van der Waals surface area contributed by atoms with Gasteiger partial charge in [0.2, 0.25) is 0 Å². The van der Waals surface area contributed by atoms with E-state index in [9.17, 15) is 9.59 Å². The third-order valence-electron chi connectivity index (χ3n) is 3.95. The summed E-state index contributed by atoms with van der Waals surface area (Å²) in [5.41, 5.74) is 0. The minimum atomic E-state index is -0.815. The molecule has 1 atom stereocenters. The van der Waals surface area contributed by atoms with E-state index in [0.717, 1.165) is 19.5 Å². The molecular formula is C13H23N3O3. The smallest absolute Gasteiger partial charge is 0.317 e. The van der Waals surface area contributed by atoms with Crippen LogP contribution in [0.1, 0.15) is 32.1 Å². The van der Waals surface area contributed by atoms with Gasteiger partial charge < -0.3 is 15.3 Å². The zero-order valence-corrected chi connectivity index (χ0v) is 11.3. The molecule has 2 heterocycles. The molecule has 6 heteroatoms. The minimum absolute atomic E-state index is 0.0490. The van der Waals surface area contributed by atoms with Crippen molar-refractivity contribution in [3.63, 3.8) is 0 Å². The first-order valence-electron chi connectivity index (χ1n) is 7.15. The number of hydrogen-bond donors (Lipinski definition) is 2. The summed E-state index contributed by atoms with van der Waals surface area (Å²) in [6.45, 7) is 4.39. The fourth-order valence-corrected chi connectivity index (χ4v) is 2.88. The lowest BCUT2D eigenvalue weighted by atomic mass is 10.2. The fraction of sp³-hybridized carbons (Fsp3) is 0.846. The molecule has 0 aromatic carbocycles. The number of nitrogens with zero attached hydrogens (tertiary/aromatic N) is 2. The van der Waals surface area contributed by atoms with E-state index in [4.69, 9.17) is 5.11 Å². The van der Waals surface area contributed by atoms with Gasteiger partial charge in [0, 0.05) is 32.1 Å². The number of nitrogens with one attached hydrogen (secondary N) is 1. The average molecular weight is 269 g/mol. The van der Waals surface area contributed by atoms with Crippen molar-refractivity contribution in [3.8, 4) is 0 Å². The predicted octanol–water partition coefficient (Wildman–Crippen LogP) is 0.731. The van der Waals surface area contributed by atoms with Gasteiger partial charge in [0.25, 0.3) is 0 Å². The van der Waals surface area contributed by atoms with E-state index in [2.05, 4.69) is 10.2 Å². The lowest BCUT2D eigenvalue weighted by molar-refractivity contribution is -0.137. The van der Waals surface area contributed by atoms with Crippen molar-refractivity contribution >= 4 is 12.0 Å². The van der Waals surface area contributed by atoms with Crippen molar-refractivity contribution in [3.05, 3.63) is 0 Å². The molecule has 1 unspecified atom stereocenters. The lowest BCUT2D eigenvalue weighted by Gasteiger charge is -2.23. The summed E-state index contributed by atoms with van der Waals surface area (Å²) in [5, 5.41) is 11.3. The summed E-state index contributed by atoms with van der Waals surface area (Å²) in [6, 6.07) is 0.472. The number of carbonyl (C=O) groups is 2. The van der Waals surface area contributed by atoms with Gasteiger partial charge in [-0.15, -0.1) is 0 Å². The second kappa shape index (κ2) is 6.75. The van der Waals surface area contributed by atoms with Crippen LogP contribution in [-0.4, -0.2) is 65.7 Å². The van der Waals surface area contributed by atoms with Crippen LogP contribution in [0.5, 0.6) is 0 Å². The van der Waals surface area contributed by atoms with Gasteiger partial charge in [0.1, 0.15) is 0 Å². The maximum Gasteiger partial charge on any atom is 0.317 e. The Morgan fingerprint density at radius 3 is 2.63 bits per heavy atom. The number of rotatable bonds is 5. The number of likely N-dealkylation sites (tertiary alicyclic amines) is 2. The van der Waals surface area contributed by atoms with Crippen LogP contribution in [0.25, 0.3) is 0 Å². The SMILES string of the molecule is O=C(O)CCCNC(=O)N1CCC(N2CCCC2)C1. The third kappa shape index (κ3) is 4.09. The Hall–Kier alpha value is -1.30. The van der Waals surface area contributed by atoms with Crippen molar-refractivity contribution in [2.24, 2.45) is 0 Å². The van der Waals surface area contributed by atoms with Crippen molar-refractivity contribution in [1.82, 2.24) is 15.1 Å². The van der Waals surface area contributed by atoms with Crippen molar-refractivity contribution in [1.29, 1.82) is 0 Å². The fourth-order valence-electron chi connectivity index (χ4n) is 2.88. The van der Waals surface area contributed by atoms with E-state index in [1.165, 1.54) is 25.9 Å². The van der Waals surface area contributed by atoms with E-state index >= 15 is 0 Å². The van der Waals surface area contributed by atoms with Gasteiger partial charge >= 0.3 is 12.0 Å². The first kappa shape index (κ1) is 14.1. The van der Waals surface area contributed by atoms with Crippen LogP contribution in [0.3, 0.4) is 0 Å². The van der Waals surface area contributed by atoms with Crippen molar-refractivity contribution in [2.75, 3.05) is 32.7 Å². The normalized spacial score (nSPS) is 23.8. The standard InChI is InChI=1S/C13H23N3O3/c17-12(18)4-3-6-14-13(19)16-9-5-11(10-16)15-7-1-2-8-15/h11H,1-10H2,(H,14,19)(H,17,18). The molecule has 2 saturated heterocycles. The summed E-state index contributed by atoms with van der Waals surface area (Å²) in [7, 11) is 0. The van der Waals surface area contributed by atoms with Gasteiger partial charge in [-0.1, -0.05) is 0 Å². The number of amides is 2. The molecule has 0 spiro atoms. The van der Waals surface area contributed by atoms with Crippen LogP contribution in [0.2, 0.25) is 0 Å². The van der Waals surface area contributed by atoms with Gasteiger partial charge in [0.15, 0.2) is 0 Å². The van der Waals surface area contributed by atoms with E-state index < -0.39 is 5.97 Å². The summed E-state index contributed by atoms with van der Waals surface area (Å²) < 4.78 is 0. The molecule has 2 aliphatic rings. The molecule has 108 valence electrons. The van der Waals surface area contributed by atoms with Crippen LogP contribution < -0.4 is 5.32 Å². The molecule has 0 aromatic rings. The Morgan fingerprint density at radius 2 is 1.95 bits per heavy atom. The number of carbonyl (C=O) groups excluding carboxylic acids is 1. The molecule has 6 nitrogen and oxygen atoms in total. The van der Waals surface area contributed by atoms with Gasteiger partial charge in [-0.2, -0.15) is 0 Å². The van der Waals surface area contributed by atoms with Gasteiger partial charge in [0.05, 0.1) is 0 Å². The molecule has 2 amide bonds. The molecule has 0 aromatic heterocycles. The molecule has 0 radical (unpaired) electrons. The van der Waals surface area contributed by atoms with Gasteiger partial charge in [-0.25, -0.2) is 4.79 Å². The predicted molar refractivity (Wildman–Crippen MR) is 71.1 cm³/mol. The minimum Gasteiger partial charge on any atom is -0.481 e. The van der Waals surface area contributed by atoms with Crippen LogP contribution in [0.15, 0.2) is 0 Å². The first-order chi connectivity index (χ1) is 9.16. The van der Waals surface area contributed by atoms with Crippen molar-refractivity contribution in [2.45, 2.75) is 38.1 Å². The number of urea groups is 1. The zero-order valence-electron chi connectivity index (χ0n) is 11.3. The third-order valence-corrected chi connectivity index (χ3v) is 3.95. The highest BCUT2D eigenvalue weighted by Crippen LogP contribution is 2.20. The summed E-state index contributed by atoms with van der Waals surface area (Å²) in [5.74, 6) is -0.815. The largest absolute Gasteiger partial charge is 0.481 e. The number of hydrogen-bond acceptors (Lipinski definition) is 3. The first-order valence-corrected chi connectivity index (χ1v) is 7.15. The highest BCUT2D eigenvalue weighted by molar-refractivity contribution is 5.74. The molecular weight excluding hydrogens is 246 g/mol. The number of carboxylic acids is 1. The number of carboxylic acid groups (broad SMARTS) is 1. The second-order valence-electron chi connectivity index (χ2n) is 5.36. The Morgan fingerprint density at radius 1 is 1.21 bits per heavy atom. The van der Waals surface area contributed by atoms with Crippen LogP contribution >= 0.6 is 0 Å². The molecule has 2 N–H and O–H groups in total. The maximum absolute atomic E-state index is 11.9. The number of aliphatic carboxylic acids is 1. The maximum atomic E-state index is 11.9. The lowest BCUT2D eigenvalue weighted by Crippen LogP contribution is -2.41. The van der Waals surface area contributed by atoms with E-state index in [1.54, 1.807) is 0 Å². The highest BCUT2D eigenvalue weighted by atomic mass is 16.4. The molecule has 2 aliphatic heterocycles. The molecule has 2 rings (SSSR count). The van der Waals surface area contributed by atoms with Gasteiger partial charge in [-0.3, -0.25) is 9.69 Å². The Bertz CT molecular complexity index is 329. The van der Waals surface area contributed by atoms with Gasteiger partial charge in [-0.05, 0) is 38.8 Å². The Labute approximate surface area is 113 Å². The van der Waals surface area contributed by atoms with Crippen LogP contribution in [0.4, 0.5) is 4.79 Å². The summed E-state index contributed by atoms with van der Waals surface area (Å²) >= 11 is 0. The zero-order chi connectivity index (χ0) is 13.7. The quantitative estimate of drug-likeness (QED) is 0.722. The van der Waals surface area contributed by atoms with Crippen LogP contribution in [-0.2, 0) is 4.79 Å². The molecule has 0 saturated carbocycles. The second-order valence-corrected chi connectivity index (χ2v) is 5.36. The Balaban J connectivity index is 1.65. The highest BCUT2D eigenvalue weighted by Gasteiger charge is 2.31. The average Bonchev–Trinajstić information content (AvgIpc) is 3.03. The summed E-state index contributed by atoms with van der Waals surface area (Å²) in [6.07, 6.45) is 4.21. The monoisotopic (exact) mass is 269 g/mol.